The van der Waals surface area contributed by atoms with E-state index in [1.54, 1.807) is 30.3 Å². The molecule has 2 aromatic rings. The predicted molar refractivity (Wildman–Crippen MR) is 85.9 cm³/mol. The smallest absolute Gasteiger partial charge is 0.162 e. The average Bonchev–Trinajstić information content (AvgIpc) is 2.48. The van der Waals surface area contributed by atoms with Crippen molar-refractivity contribution >= 4 is 33.2 Å². The van der Waals surface area contributed by atoms with Gasteiger partial charge in [-0.25, -0.2) is 0 Å². The molecule has 0 aliphatic heterocycles. The number of halogens is 2. The number of hydrogen-bond donors (Lipinski definition) is 2. The molecular formula is C15H12BrClN2O2. The molecule has 0 aliphatic carbocycles. The molecule has 0 heterocycles. The lowest BCUT2D eigenvalue weighted by Gasteiger charge is -2.12. The van der Waals surface area contributed by atoms with Crippen LogP contribution in [0.1, 0.15) is 11.1 Å². The molecule has 0 saturated heterocycles. The summed E-state index contributed by atoms with van der Waals surface area (Å²) in [5.74, 6) is 0.386. The van der Waals surface area contributed by atoms with Crippen LogP contribution in [0.2, 0.25) is 5.02 Å². The van der Waals surface area contributed by atoms with E-state index in [-0.39, 0.29) is 5.75 Å². The third kappa shape index (κ3) is 3.60. The molecule has 2 aromatic carbocycles. The highest BCUT2D eigenvalue weighted by Gasteiger charge is 2.10. The number of phenols is 1. The maximum atomic E-state index is 10.1. The zero-order chi connectivity index (χ0) is 15.4. The second-order valence-electron chi connectivity index (χ2n) is 4.28. The van der Waals surface area contributed by atoms with E-state index in [4.69, 9.17) is 21.6 Å². The molecule has 0 spiro atoms. The molecule has 2 N–H and O–H groups in total. The maximum absolute atomic E-state index is 10.1. The van der Waals surface area contributed by atoms with E-state index >= 15 is 0 Å². The number of hydrogen-bond acceptors (Lipinski definition) is 4. The highest BCUT2D eigenvalue weighted by Crippen LogP contribution is 2.34. The van der Waals surface area contributed by atoms with Crippen LogP contribution in [-0.2, 0) is 6.54 Å². The number of benzene rings is 2. The summed E-state index contributed by atoms with van der Waals surface area (Å²) in [7, 11) is 1.47. The van der Waals surface area contributed by atoms with Crippen LogP contribution in [0.5, 0.6) is 11.5 Å². The van der Waals surface area contributed by atoms with E-state index in [0.29, 0.717) is 28.4 Å². The fourth-order valence-corrected chi connectivity index (χ4v) is 2.59. The average molecular weight is 368 g/mol. The highest BCUT2D eigenvalue weighted by atomic mass is 79.9. The summed E-state index contributed by atoms with van der Waals surface area (Å²) in [6.45, 7) is 0.368. The van der Waals surface area contributed by atoms with Crippen molar-refractivity contribution in [3.63, 3.8) is 0 Å². The molecule has 2 rings (SSSR count). The second kappa shape index (κ2) is 6.70. The number of nitriles is 1. The number of phenolic OH excluding ortho intramolecular Hbond substituents is 1. The number of aromatic hydroxyl groups is 1. The van der Waals surface area contributed by atoms with Gasteiger partial charge in [-0.1, -0.05) is 11.6 Å². The molecule has 0 radical (unpaired) electrons. The third-order valence-corrected chi connectivity index (χ3v) is 3.78. The van der Waals surface area contributed by atoms with Gasteiger partial charge in [0.1, 0.15) is 0 Å². The molecule has 0 unspecified atom stereocenters. The summed E-state index contributed by atoms with van der Waals surface area (Å²) >= 11 is 9.38. The van der Waals surface area contributed by atoms with Crippen molar-refractivity contribution in [2.24, 2.45) is 0 Å². The van der Waals surface area contributed by atoms with Gasteiger partial charge in [0.2, 0.25) is 0 Å². The minimum absolute atomic E-state index is 0.0548. The first-order valence-corrected chi connectivity index (χ1v) is 7.21. The van der Waals surface area contributed by atoms with Gasteiger partial charge in [-0.2, -0.15) is 5.26 Å². The quantitative estimate of drug-likeness (QED) is 0.845. The molecule has 108 valence electrons. The summed E-state index contributed by atoms with van der Waals surface area (Å²) in [5, 5.41) is 22.6. The molecule has 0 saturated carbocycles. The van der Waals surface area contributed by atoms with Gasteiger partial charge in [-0.15, -0.1) is 0 Å². The number of anilines is 1. The molecule has 0 fully saturated rings. The van der Waals surface area contributed by atoms with Crippen LogP contribution in [0.25, 0.3) is 0 Å². The van der Waals surface area contributed by atoms with Gasteiger partial charge in [0.15, 0.2) is 11.5 Å². The Labute approximate surface area is 136 Å². The van der Waals surface area contributed by atoms with Gasteiger partial charge < -0.3 is 15.2 Å². The fraction of sp³-hybridized carbons (Fsp3) is 0.133. The highest BCUT2D eigenvalue weighted by molar-refractivity contribution is 9.10. The van der Waals surface area contributed by atoms with Crippen molar-refractivity contribution in [2.45, 2.75) is 6.54 Å². The molecule has 0 atom stereocenters. The molecule has 0 aromatic heterocycles. The van der Waals surface area contributed by atoms with Crippen molar-refractivity contribution in [3.8, 4) is 17.6 Å². The zero-order valence-electron chi connectivity index (χ0n) is 11.2. The Morgan fingerprint density at radius 1 is 1.38 bits per heavy atom. The first-order chi connectivity index (χ1) is 10.0. The molecule has 21 heavy (non-hydrogen) atoms. The van der Waals surface area contributed by atoms with E-state index in [0.717, 1.165) is 10.2 Å². The van der Waals surface area contributed by atoms with E-state index < -0.39 is 0 Å². The van der Waals surface area contributed by atoms with E-state index in [1.807, 2.05) is 0 Å². The Hall–Kier alpha value is -1.90. The van der Waals surface area contributed by atoms with Gasteiger partial charge >= 0.3 is 0 Å². The number of rotatable bonds is 4. The normalized spacial score (nSPS) is 10.0. The minimum Gasteiger partial charge on any atom is -0.504 e. The van der Waals surface area contributed by atoms with Crippen molar-refractivity contribution in [2.75, 3.05) is 12.4 Å². The van der Waals surface area contributed by atoms with Gasteiger partial charge in [-0.05, 0) is 40.2 Å². The van der Waals surface area contributed by atoms with Crippen LogP contribution in [0, 0.1) is 11.3 Å². The number of nitrogens with one attached hydrogen (secondary N) is 1. The topological polar surface area (TPSA) is 65.3 Å². The standard InChI is InChI=1S/C15H12BrClN2O2/c1-21-14-6-11(17)5-10(15(14)20)8-19-13-3-2-9(7-18)4-12(13)16/h2-6,19-20H,8H2,1H3. The lowest BCUT2D eigenvalue weighted by molar-refractivity contribution is 0.371. The zero-order valence-corrected chi connectivity index (χ0v) is 13.5. The monoisotopic (exact) mass is 366 g/mol. The Morgan fingerprint density at radius 2 is 2.14 bits per heavy atom. The first kappa shape index (κ1) is 15.5. The SMILES string of the molecule is COc1cc(Cl)cc(CNc2ccc(C#N)cc2Br)c1O. The first-order valence-electron chi connectivity index (χ1n) is 6.04. The van der Waals surface area contributed by atoms with Gasteiger partial charge in [0, 0.05) is 33.4 Å². The number of nitrogens with zero attached hydrogens (tertiary/aromatic N) is 1. The molecular weight excluding hydrogens is 356 g/mol. The molecule has 6 heteroatoms. The summed E-state index contributed by atoms with van der Waals surface area (Å²) in [4.78, 5) is 0. The van der Waals surface area contributed by atoms with E-state index in [1.165, 1.54) is 7.11 Å². The largest absolute Gasteiger partial charge is 0.504 e. The van der Waals surface area contributed by atoms with E-state index in [2.05, 4.69) is 27.3 Å². The Morgan fingerprint density at radius 3 is 2.76 bits per heavy atom. The van der Waals surface area contributed by atoms with Crippen LogP contribution in [-0.4, -0.2) is 12.2 Å². The summed E-state index contributed by atoms with van der Waals surface area (Å²) in [6.07, 6.45) is 0. The third-order valence-electron chi connectivity index (χ3n) is 2.91. The second-order valence-corrected chi connectivity index (χ2v) is 5.57. The lowest BCUT2D eigenvalue weighted by Crippen LogP contribution is -2.01. The van der Waals surface area contributed by atoms with Gasteiger partial charge in [-0.3, -0.25) is 0 Å². The van der Waals surface area contributed by atoms with Crippen molar-refractivity contribution < 1.29 is 9.84 Å². The number of ether oxygens (including phenoxy) is 1. The Bertz CT molecular complexity index is 714. The minimum atomic E-state index is 0.0548. The van der Waals surface area contributed by atoms with Crippen LogP contribution in [0.4, 0.5) is 5.69 Å². The van der Waals surface area contributed by atoms with Crippen LogP contribution < -0.4 is 10.1 Å². The summed E-state index contributed by atoms with van der Waals surface area (Å²) in [5.41, 5.74) is 2.00. The summed E-state index contributed by atoms with van der Waals surface area (Å²) < 4.78 is 5.84. The van der Waals surface area contributed by atoms with Crippen molar-refractivity contribution in [1.82, 2.24) is 0 Å². The Kier molecular flexibility index (Phi) is 4.94. The van der Waals surface area contributed by atoms with Crippen LogP contribution in [0.15, 0.2) is 34.8 Å². The van der Waals surface area contributed by atoms with Crippen LogP contribution in [0.3, 0.4) is 0 Å². The molecule has 0 amide bonds. The molecule has 0 bridgehead atoms. The molecule has 0 aliphatic rings. The fourth-order valence-electron chi connectivity index (χ4n) is 1.84. The number of methoxy groups -OCH3 is 1. The van der Waals surface area contributed by atoms with Crippen LogP contribution >= 0.6 is 27.5 Å². The summed E-state index contributed by atoms with van der Waals surface area (Å²) in [6, 6.07) is 10.5. The van der Waals surface area contributed by atoms with Gasteiger partial charge in [0.25, 0.3) is 0 Å². The van der Waals surface area contributed by atoms with E-state index in [9.17, 15) is 5.11 Å². The predicted octanol–water partition coefficient (Wildman–Crippen LogP) is 4.30. The van der Waals surface area contributed by atoms with Crippen molar-refractivity contribution in [1.29, 1.82) is 5.26 Å². The maximum Gasteiger partial charge on any atom is 0.162 e. The van der Waals surface area contributed by atoms with Crippen molar-refractivity contribution in [3.05, 3.63) is 51.0 Å². The lowest BCUT2D eigenvalue weighted by atomic mass is 10.1. The van der Waals surface area contributed by atoms with Gasteiger partial charge in [0.05, 0.1) is 18.7 Å². The molecule has 4 nitrogen and oxygen atoms in total. The Balaban J connectivity index is 2.21.